The molecule has 0 unspecified atom stereocenters. The Morgan fingerprint density at radius 1 is 1.03 bits per heavy atom. The molecule has 5 N–H and O–H groups in total. The number of benzene rings is 2. The summed E-state index contributed by atoms with van der Waals surface area (Å²) < 4.78 is 16.5. The van der Waals surface area contributed by atoms with Gasteiger partial charge in [0.2, 0.25) is 17.8 Å². The fourth-order valence-electron chi connectivity index (χ4n) is 4.53. The quantitative estimate of drug-likeness (QED) is 0.300. The molecule has 180 valence electrons. The second-order valence-electron chi connectivity index (χ2n) is 8.77. The van der Waals surface area contributed by atoms with Crippen molar-refractivity contribution in [1.29, 1.82) is 0 Å². The van der Waals surface area contributed by atoms with Gasteiger partial charge >= 0.3 is 0 Å². The Balaban J connectivity index is 1.50. The number of carbonyl (C=O) groups excluding carboxylic acids is 1. The molecule has 0 aliphatic heterocycles. The van der Waals surface area contributed by atoms with Crippen LogP contribution >= 0.6 is 0 Å². The average molecular weight is 475 g/mol. The lowest BCUT2D eigenvalue weighted by molar-refractivity contribution is -0.119. The monoisotopic (exact) mass is 474 g/mol. The lowest BCUT2D eigenvalue weighted by atomic mass is 9.91. The highest BCUT2D eigenvalue weighted by Gasteiger charge is 2.27. The van der Waals surface area contributed by atoms with E-state index in [9.17, 15) is 9.18 Å². The van der Waals surface area contributed by atoms with Gasteiger partial charge in [0.15, 0.2) is 5.65 Å². The molecule has 1 aliphatic carbocycles. The number of nitrogens with two attached hydrogens (primary N) is 1. The minimum absolute atomic E-state index is 0.0189. The lowest BCUT2D eigenvalue weighted by Crippen LogP contribution is -2.36. The molecule has 0 atom stereocenters. The minimum Gasteiger partial charge on any atom is -0.399 e. The Labute approximate surface area is 202 Å². The van der Waals surface area contributed by atoms with Crippen molar-refractivity contribution in [3.8, 4) is 0 Å². The molecule has 35 heavy (non-hydrogen) atoms. The molecule has 1 fully saturated rings. The number of hydrogen-bond acceptors (Lipinski definition) is 7. The lowest BCUT2D eigenvalue weighted by Gasteiger charge is -2.30. The van der Waals surface area contributed by atoms with Crippen molar-refractivity contribution < 1.29 is 9.18 Å². The fourth-order valence-corrected chi connectivity index (χ4v) is 4.53. The van der Waals surface area contributed by atoms with Gasteiger partial charge in [-0.15, -0.1) is 0 Å². The number of rotatable bonds is 6. The molecule has 2 aromatic carbocycles. The highest BCUT2D eigenvalue weighted by molar-refractivity contribution is 5.77. The standard InChI is InChI=1S/C25H27FN8O/c1-15(35)29-17-10-12-19(13-11-17)34-23-22(32-25(34)31-21-5-3-2-4-20(21)26)14-28-24(33-23)30-18-8-6-16(27)7-9-18/h2-9,14,17,19H,10-13,27H2,1H3,(H,29,35)(H,31,32)(H,28,30,33)/t17-,19-. The van der Waals surface area contributed by atoms with E-state index < -0.39 is 0 Å². The van der Waals surface area contributed by atoms with Gasteiger partial charge in [-0.05, 0) is 62.1 Å². The van der Waals surface area contributed by atoms with Crippen LogP contribution in [0.1, 0.15) is 38.6 Å². The summed E-state index contributed by atoms with van der Waals surface area (Å²) in [6.45, 7) is 1.54. The zero-order valence-corrected chi connectivity index (χ0v) is 19.3. The van der Waals surface area contributed by atoms with Crippen LogP contribution < -0.4 is 21.7 Å². The Morgan fingerprint density at radius 3 is 2.49 bits per heavy atom. The Kier molecular flexibility index (Phi) is 6.17. The van der Waals surface area contributed by atoms with E-state index in [0.29, 0.717) is 34.4 Å². The summed E-state index contributed by atoms with van der Waals surface area (Å²) in [7, 11) is 0. The number of anilines is 5. The molecular weight excluding hydrogens is 447 g/mol. The number of nitrogens with zero attached hydrogens (tertiary/aromatic N) is 4. The predicted octanol–water partition coefficient (Wildman–Crippen LogP) is 4.65. The summed E-state index contributed by atoms with van der Waals surface area (Å²) in [5, 5.41) is 9.37. The normalized spacial score (nSPS) is 17.8. The Hall–Kier alpha value is -4.21. The average Bonchev–Trinajstić information content (AvgIpc) is 3.19. The van der Waals surface area contributed by atoms with E-state index in [1.807, 2.05) is 16.7 Å². The first-order chi connectivity index (χ1) is 17.0. The van der Waals surface area contributed by atoms with Gasteiger partial charge < -0.3 is 21.7 Å². The zero-order chi connectivity index (χ0) is 24.4. The van der Waals surface area contributed by atoms with Crippen LogP contribution in [0.15, 0.2) is 54.7 Å². The summed E-state index contributed by atoms with van der Waals surface area (Å²) in [6.07, 6.45) is 4.99. The summed E-state index contributed by atoms with van der Waals surface area (Å²) in [5.74, 6) is 0.548. The second kappa shape index (κ2) is 9.57. The van der Waals surface area contributed by atoms with E-state index in [1.54, 1.807) is 43.5 Å². The van der Waals surface area contributed by atoms with Crippen LogP contribution in [0, 0.1) is 5.82 Å². The number of carbonyl (C=O) groups is 1. The van der Waals surface area contributed by atoms with Crippen molar-refractivity contribution in [1.82, 2.24) is 24.8 Å². The molecule has 1 saturated carbocycles. The molecule has 2 heterocycles. The van der Waals surface area contributed by atoms with Crippen molar-refractivity contribution in [3.63, 3.8) is 0 Å². The number of nitrogens with one attached hydrogen (secondary N) is 3. The van der Waals surface area contributed by atoms with E-state index in [2.05, 4.69) is 20.9 Å². The van der Waals surface area contributed by atoms with E-state index in [1.165, 1.54) is 6.07 Å². The van der Waals surface area contributed by atoms with Crippen LogP contribution in [0.4, 0.5) is 33.3 Å². The van der Waals surface area contributed by atoms with Crippen molar-refractivity contribution in [2.75, 3.05) is 16.4 Å². The Bertz CT molecular complexity index is 1350. The van der Waals surface area contributed by atoms with Crippen LogP contribution in [0.2, 0.25) is 0 Å². The summed E-state index contributed by atoms with van der Waals surface area (Å²) in [6, 6.07) is 14.0. The number of fused-ring (bicyclic) bond motifs is 1. The van der Waals surface area contributed by atoms with Crippen LogP contribution in [0.3, 0.4) is 0 Å². The molecule has 0 bridgehead atoms. The highest BCUT2D eigenvalue weighted by Crippen LogP contribution is 2.35. The number of amides is 1. The van der Waals surface area contributed by atoms with Crippen LogP contribution in [0.25, 0.3) is 11.2 Å². The van der Waals surface area contributed by atoms with Gasteiger partial charge in [0.25, 0.3) is 0 Å². The summed E-state index contributed by atoms with van der Waals surface area (Å²) in [4.78, 5) is 25.4. The molecule has 1 amide bonds. The van der Waals surface area contributed by atoms with Gasteiger partial charge in [0, 0.05) is 30.4 Å². The van der Waals surface area contributed by atoms with Gasteiger partial charge in [0.1, 0.15) is 11.3 Å². The maximum absolute atomic E-state index is 14.4. The molecule has 0 saturated heterocycles. The first kappa shape index (κ1) is 22.6. The number of halogens is 1. The first-order valence-electron chi connectivity index (χ1n) is 11.6. The molecular formula is C25H27FN8O. The van der Waals surface area contributed by atoms with Crippen molar-refractivity contribution in [2.45, 2.75) is 44.7 Å². The topological polar surface area (TPSA) is 123 Å². The van der Waals surface area contributed by atoms with Crippen molar-refractivity contribution in [3.05, 3.63) is 60.5 Å². The predicted molar refractivity (Wildman–Crippen MR) is 134 cm³/mol. The van der Waals surface area contributed by atoms with Crippen molar-refractivity contribution in [2.24, 2.45) is 0 Å². The molecule has 10 heteroatoms. The first-order valence-corrected chi connectivity index (χ1v) is 11.6. The van der Waals surface area contributed by atoms with Gasteiger partial charge in [-0.1, -0.05) is 12.1 Å². The summed E-state index contributed by atoms with van der Waals surface area (Å²) in [5.41, 5.74) is 8.86. The number of imidazole rings is 1. The molecule has 5 rings (SSSR count). The Morgan fingerprint density at radius 2 is 1.77 bits per heavy atom. The molecule has 0 radical (unpaired) electrons. The third-order valence-electron chi connectivity index (χ3n) is 6.19. The van der Waals surface area contributed by atoms with Crippen molar-refractivity contribution >= 4 is 46.0 Å². The smallest absolute Gasteiger partial charge is 0.229 e. The number of para-hydroxylation sites is 1. The van der Waals surface area contributed by atoms with Gasteiger partial charge in [-0.25, -0.2) is 14.4 Å². The van der Waals surface area contributed by atoms with Gasteiger partial charge in [0.05, 0.1) is 11.9 Å². The third kappa shape index (κ3) is 5.01. The maximum atomic E-state index is 14.4. The van der Waals surface area contributed by atoms with E-state index in [4.69, 9.17) is 15.7 Å². The minimum atomic E-state index is -0.364. The number of aromatic nitrogens is 4. The maximum Gasteiger partial charge on any atom is 0.229 e. The van der Waals surface area contributed by atoms with Crippen LogP contribution in [-0.2, 0) is 4.79 Å². The molecule has 9 nitrogen and oxygen atoms in total. The van der Waals surface area contributed by atoms with E-state index >= 15 is 0 Å². The fraction of sp³-hybridized carbons (Fsp3) is 0.280. The van der Waals surface area contributed by atoms with E-state index in [0.717, 1.165) is 31.4 Å². The molecule has 4 aromatic rings. The number of nitrogen functional groups attached to an aromatic ring is 1. The highest BCUT2D eigenvalue weighted by atomic mass is 19.1. The number of hydrogen-bond donors (Lipinski definition) is 4. The zero-order valence-electron chi connectivity index (χ0n) is 19.3. The van der Waals surface area contributed by atoms with Gasteiger partial charge in [-0.3, -0.25) is 9.36 Å². The van der Waals surface area contributed by atoms with Crippen LogP contribution in [0.5, 0.6) is 0 Å². The summed E-state index contributed by atoms with van der Waals surface area (Å²) >= 11 is 0. The van der Waals surface area contributed by atoms with E-state index in [-0.39, 0.29) is 23.8 Å². The van der Waals surface area contributed by atoms with Crippen LogP contribution in [-0.4, -0.2) is 31.5 Å². The molecule has 0 spiro atoms. The largest absolute Gasteiger partial charge is 0.399 e. The molecule has 1 aliphatic rings. The molecule has 2 aromatic heterocycles. The third-order valence-corrected chi connectivity index (χ3v) is 6.19. The second-order valence-corrected chi connectivity index (χ2v) is 8.77. The SMILES string of the molecule is CC(=O)N[C@H]1CC[C@H](n2c(Nc3ccccc3F)nc3cnc(Nc4ccc(N)cc4)nc32)CC1. The van der Waals surface area contributed by atoms with Gasteiger partial charge in [-0.2, -0.15) is 4.98 Å².